The summed E-state index contributed by atoms with van der Waals surface area (Å²) >= 11 is 0. The molecule has 0 spiro atoms. The Balaban J connectivity index is 1.97. The summed E-state index contributed by atoms with van der Waals surface area (Å²) in [5.74, 6) is 0.829. The zero-order chi connectivity index (χ0) is 15.2. The van der Waals surface area contributed by atoms with Gasteiger partial charge in [0.15, 0.2) is 0 Å². The Morgan fingerprint density at radius 3 is 2.86 bits per heavy atom. The summed E-state index contributed by atoms with van der Waals surface area (Å²) in [6.07, 6.45) is 0.839. The fourth-order valence-corrected chi connectivity index (χ4v) is 2.01. The lowest BCUT2D eigenvalue weighted by atomic mass is 10.1. The number of carbonyl (C=O) groups is 1. The van der Waals surface area contributed by atoms with E-state index in [4.69, 9.17) is 4.74 Å². The summed E-state index contributed by atoms with van der Waals surface area (Å²) in [5, 5.41) is 2.62. The minimum atomic E-state index is -0.477. The molecular weight excluding hydrogens is 270 g/mol. The summed E-state index contributed by atoms with van der Waals surface area (Å²) in [6.45, 7) is 1.73. The number of carbonyl (C=O) groups excluding carboxylic acids is 1. The first-order chi connectivity index (χ1) is 10.1. The van der Waals surface area contributed by atoms with Gasteiger partial charge in [0.2, 0.25) is 5.91 Å². The van der Waals surface area contributed by atoms with Crippen LogP contribution in [0, 0.1) is 6.92 Å². The zero-order valence-corrected chi connectivity index (χ0v) is 12.0. The van der Waals surface area contributed by atoms with E-state index in [2.05, 4.69) is 15.3 Å². The fraction of sp³-hybridized carbons (Fsp3) is 0.267. The Morgan fingerprint density at radius 1 is 1.38 bits per heavy atom. The SMILES string of the molecule is COc1ccccc1CCC(=O)Nc1cc(C)[nH]c(=O)n1. The quantitative estimate of drug-likeness (QED) is 0.876. The third-order valence-corrected chi connectivity index (χ3v) is 2.96. The van der Waals surface area contributed by atoms with E-state index < -0.39 is 5.69 Å². The van der Waals surface area contributed by atoms with Crippen LogP contribution in [0.3, 0.4) is 0 Å². The highest BCUT2D eigenvalue weighted by molar-refractivity contribution is 5.89. The maximum atomic E-state index is 11.9. The molecule has 0 saturated carbocycles. The van der Waals surface area contributed by atoms with Gasteiger partial charge in [-0.15, -0.1) is 0 Å². The van der Waals surface area contributed by atoms with Crippen molar-refractivity contribution < 1.29 is 9.53 Å². The molecule has 21 heavy (non-hydrogen) atoms. The van der Waals surface area contributed by atoms with Gasteiger partial charge in [-0.25, -0.2) is 4.79 Å². The standard InChI is InChI=1S/C15H17N3O3/c1-10-9-13(18-15(20)16-10)17-14(19)8-7-11-5-3-4-6-12(11)21-2/h3-6,9H,7-8H2,1-2H3,(H2,16,17,18,19,20). The number of nitrogens with one attached hydrogen (secondary N) is 2. The fourth-order valence-electron chi connectivity index (χ4n) is 2.01. The van der Waals surface area contributed by atoms with Crippen LogP contribution >= 0.6 is 0 Å². The lowest BCUT2D eigenvalue weighted by molar-refractivity contribution is -0.116. The first-order valence-electron chi connectivity index (χ1n) is 6.58. The Bertz CT molecular complexity index is 695. The molecule has 0 aliphatic heterocycles. The third-order valence-electron chi connectivity index (χ3n) is 2.96. The molecule has 2 aromatic rings. The van der Waals surface area contributed by atoms with Gasteiger partial charge in [-0.05, 0) is 25.0 Å². The molecule has 0 bridgehead atoms. The number of aromatic amines is 1. The molecule has 2 N–H and O–H groups in total. The highest BCUT2D eigenvalue weighted by Gasteiger charge is 2.08. The smallest absolute Gasteiger partial charge is 0.347 e. The van der Waals surface area contributed by atoms with E-state index in [0.29, 0.717) is 12.1 Å². The second-order valence-electron chi connectivity index (χ2n) is 4.61. The maximum absolute atomic E-state index is 11.9. The summed E-state index contributed by atoms with van der Waals surface area (Å²) in [7, 11) is 1.60. The van der Waals surface area contributed by atoms with Gasteiger partial charge in [0.25, 0.3) is 0 Å². The number of rotatable bonds is 5. The second-order valence-corrected chi connectivity index (χ2v) is 4.61. The van der Waals surface area contributed by atoms with E-state index in [-0.39, 0.29) is 18.1 Å². The number of amides is 1. The zero-order valence-electron chi connectivity index (χ0n) is 12.0. The van der Waals surface area contributed by atoms with Crippen molar-refractivity contribution in [3.63, 3.8) is 0 Å². The molecule has 0 aliphatic rings. The van der Waals surface area contributed by atoms with Crippen LogP contribution in [0.4, 0.5) is 5.82 Å². The van der Waals surface area contributed by atoms with Gasteiger partial charge >= 0.3 is 5.69 Å². The number of hydrogen-bond acceptors (Lipinski definition) is 4. The molecule has 0 atom stereocenters. The number of nitrogens with zero attached hydrogens (tertiary/aromatic N) is 1. The van der Waals surface area contributed by atoms with E-state index in [1.54, 1.807) is 20.1 Å². The monoisotopic (exact) mass is 287 g/mol. The van der Waals surface area contributed by atoms with Gasteiger partial charge in [0, 0.05) is 18.2 Å². The third kappa shape index (κ3) is 4.17. The first-order valence-corrected chi connectivity index (χ1v) is 6.58. The van der Waals surface area contributed by atoms with E-state index in [1.165, 1.54) is 0 Å². The molecular formula is C15H17N3O3. The summed E-state index contributed by atoms with van der Waals surface area (Å²) < 4.78 is 5.24. The Kier molecular flexibility index (Phi) is 4.71. The number of para-hydroxylation sites is 1. The normalized spacial score (nSPS) is 10.2. The van der Waals surface area contributed by atoms with Crippen LogP contribution in [0.15, 0.2) is 35.1 Å². The van der Waals surface area contributed by atoms with Crippen LogP contribution < -0.4 is 15.7 Å². The number of benzene rings is 1. The predicted molar refractivity (Wildman–Crippen MR) is 79.5 cm³/mol. The average Bonchev–Trinajstić information content (AvgIpc) is 2.44. The number of anilines is 1. The van der Waals surface area contributed by atoms with Crippen LogP contribution in [-0.4, -0.2) is 23.0 Å². The highest BCUT2D eigenvalue weighted by atomic mass is 16.5. The number of hydrogen-bond donors (Lipinski definition) is 2. The number of aromatic nitrogens is 2. The van der Waals surface area contributed by atoms with E-state index in [9.17, 15) is 9.59 Å². The highest BCUT2D eigenvalue weighted by Crippen LogP contribution is 2.18. The van der Waals surface area contributed by atoms with Crippen molar-refractivity contribution in [2.45, 2.75) is 19.8 Å². The molecule has 0 aliphatic carbocycles. The molecule has 0 fully saturated rings. The van der Waals surface area contributed by atoms with Crippen molar-refractivity contribution in [2.24, 2.45) is 0 Å². The van der Waals surface area contributed by atoms with E-state index in [0.717, 1.165) is 11.3 Å². The van der Waals surface area contributed by atoms with Crippen molar-refractivity contribution in [1.29, 1.82) is 0 Å². The molecule has 1 amide bonds. The number of methoxy groups -OCH3 is 1. The molecule has 2 rings (SSSR count). The number of H-pyrrole nitrogens is 1. The van der Waals surface area contributed by atoms with Crippen LogP contribution in [0.2, 0.25) is 0 Å². The molecule has 0 radical (unpaired) electrons. The van der Waals surface area contributed by atoms with Crippen LogP contribution in [-0.2, 0) is 11.2 Å². The topological polar surface area (TPSA) is 84.1 Å². The largest absolute Gasteiger partial charge is 0.496 e. The molecule has 0 saturated heterocycles. The van der Waals surface area contributed by atoms with Crippen molar-refractivity contribution in [1.82, 2.24) is 9.97 Å². The predicted octanol–water partition coefficient (Wildman–Crippen LogP) is 1.66. The van der Waals surface area contributed by atoms with Crippen molar-refractivity contribution in [2.75, 3.05) is 12.4 Å². The number of aryl methyl sites for hydroxylation is 2. The van der Waals surface area contributed by atoms with Gasteiger partial charge in [-0.1, -0.05) is 18.2 Å². The molecule has 6 nitrogen and oxygen atoms in total. The average molecular weight is 287 g/mol. The molecule has 1 aromatic carbocycles. The molecule has 110 valence electrons. The van der Waals surface area contributed by atoms with Gasteiger partial charge in [-0.3, -0.25) is 4.79 Å². The second kappa shape index (κ2) is 6.69. The molecule has 6 heteroatoms. The summed E-state index contributed by atoms with van der Waals surface area (Å²) in [5.41, 5.74) is 1.13. The van der Waals surface area contributed by atoms with Crippen molar-refractivity contribution in [3.8, 4) is 5.75 Å². The summed E-state index contributed by atoms with van der Waals surface area (Å²) in [4.78, 5) is 29.3. The van der Waals surface area contributed by atoms with Gasteiger partial charge in [0.1, 0.15) is 11.6 Å². The van der Waals surface area contributed by atoms with E-state index in [1.807, 2.05) is 24.3 Å². The Hall–Kier alpha value is -2.63. The lowest BCUT2D eigenvalue weighted by Crippen LogP contribution is -2.19. The Morgan fingerprint density at radius 2 is 2.14 bits per heavy atom. The molecule has 1 heterocycles. The minimum absolute atomic E-state index is 0.196. The van der Waals surface area contributed by atoms with Crippen molar-refractivity contribution >= 4 is 11.7 Å². The Labute approximate surface area is 122 Å². The summed E-state index contributed by atoms with van der Waals surface area (Å²) in [6, 6.07) is 9.17. The molecule has 1 aromatic heterocycles. The van der Waals surface area contributed by atoms with Gasteiger partial charge < -0.3 is 15.0 Å². The maximum Gasteiger partial charge on any atom is 0.347 e. The van der Waals surface area contributed by atoms with E-state index >= 15 is 0 Å². The van der Waals surface area contributed by atoms with Crippen LogP contribution in [0.25, 0.3) is 0 Å². The lowest BCUT2D eigenvalue weighted by Gasteiger charge is -2.08. The van der Waals surface area contributed by atoms with Gasteiger partial charge in [0.05, 0.1) is 7.11 Å². The first kappa shape index (κ1) is 14.8. The van der Waals surface area contributed by atoms with Crippen LogP contribution in [0.5, 0.6) is 5.75 Å². The molecule has 0 unspecified atom stereocenters. The van der Waals surface area contributed by atoms with Gasteiger partial charge in [-0.2, -0.15) is 4.98 Å². The van der Waals surface area contributed by atoms with Crippen LogP contribution in [0.1, 0.15) is 17.7 Å². The van der Waals surface area contributed by atoms with Crippen molar-refractivity contribution in [3.05, 3.63) is 52.1 Å². The number of ether oxygens (including phenoxy) is 1. The minimum Gasteiger partial charge on any atom is -0.496 e.